The lowest BCUT2D eigenvalue weighted by molar-refractivity contribution is 0.165. The molecule has 0 aromatic heterocycles. The zero-order chi connectivity index (χ0) is 13.9. The van der Waals surface area contributed by atoms with Crippen LogP contribution < -0.4 is 20.1 Å². The van der Waals surface area contributed by atoms with Crippen molar-refractivity contribution in [2.75, 3.05) is 52.3 Å². The topological polar surface area (TPSA) is 45.8 Å². The van der Waals surface area contributed by atoms with E-state index in [0.29, 0.717) is 6.04 Å². The molecule has 1 fully saturated rings. The summed E-state index contributed by atoms with van der Waals surface area (Å²) in [6.07, 6.45) is 1.14. The van der Waals surface area contributed by atoms with Gasteiger partial charge in [0.2, 0.25) is 0 Å². The highest BCUT2D eigenvalue weighted by molar-refractivity contribution is 5.63. The lowest BCUT2D eigenvalue weighted by atomic mass is 9.95. The molecule has 0 bridgehead atoms. The third-order valence-corrected chi connectivity index (χ3v) is 4.24. The van der Waals surface area contributed by atoms with Crippen LogP contribution in [-0.2, 0) is 0 Å². The third kappa shape index (κ3) is 2.43. The van der Waals surface area contributed by atoms with E-state index in [1.807, 2.05) is 0 Å². The van der Waals surface area contributed by atoms with E-state index in [1.165, 1.54) is 11.3 Å². The standard InChI is InChI=1S/C15H23N3O2/c1-19-14-9-11-12(10-15(14)20-2)17-4-3-13(11)18-7-5-16-6-8-18/h9-10,13,16-17H,3-8H2,1-2H3. The zero-order valence-electron chi connectivity index (χ0n) is 12.2. The number of ether oxygens (including phenoxy) is 2. The number of fused-ring (bicyclic) bond motifs is 1. The number of hydrogen-bond acceptors (Lipinski definition) is 5. The van der Waals surface area contributed by atoms with Crippen LogP contribution in [0.1, 0.15) is 18.0 Å². The van der Waals surface area contributed by atoms with Gasteiger partial charge in [0.1, 0.15) is 0 Å². The van der Waals surface area contributed by atoms with Crippen molar-refractivity contribution in [1.29, 1.82) is 0 Å². The van der Waals surface area contributed by atoms with E-state index in [-0.39, 0.29) is 0 Å². The number of piperazine rings is 1. The third-order valence-electron chi connectivity index (χ3n) is 4.24. The molecule has 20 heavy (non-hydrogen) atoms. The van der Waals surface area contributed by atoms with Gasteiger partial charge in [0.05, 0.1) is 14.2 Å². The molecule has 0 radical (unpaired) electrons. The van der Waals surface area contributed by atoms with Crippen LogP contribution in [0.25, 0.3) is 0 Å². The van der Waals surface area contributed by atoms with Crippen LogP contribution >= 0.6 is 0 Å². The molecular weight excluding hydrogens is 254 g/mol. The fraction of sp³-hybridized carbons (Fsp3) is 0.600. The Labute approximate surface area is 120 Å². The molecule has 3 rings (SSSR count). The lowest BCUT2D eigenvalue weighted by Gasteiger charge is -2.38. The first-order chi connectivity index (χ1) is 9.83. The summed E-state index contributed by atoms with van der Waals surface area (Å²) in [5.74, 6) is 1.61. The molecule has 1 atom stereocenters. The molecule has 5 nitrogen and oxygen atoms in total. The van der Waals surface area contributed by atoms with E-state index >= 15 is 0 Å². The summed E-state index contributed by atoms with van der Waals surface area (Å²) >= 11 is 0. The van der Waals surface area contributed by atoms with Crippen LogP contribution in [0.4, 0.5) is 5.69 Å². The van der Waals surface area contributed by atoms with Gasteiger partial charge in [-0.25, -0.2) is 0 Å². The summed E-state index contributed by atoms with van der Waals surface area (Å²) in [4.78, 5) is 2.57. The van der Waals surface area contributed by atoms with E-state index in [1.54, 1.807) is 14.2 Å². The summed E-state index contributed by atoms with van der Waals surface area (Å²) < 4.78 is 10.8. The van der Waals surface area contributed by atoms with Gasteiger partial charge in [0.25, 0.3) is 0 Å². The second kappa shape index (κ2) is 5.89. The molecule has 5 heteroatoms. The molecule has 2 aliphatic rings. The first-order valence-electron chi connectivity index (χ1n) is 7.28. The Morgan fingerprint density at radius 3 is 2.45 bits per heavy atom. The number of hydrogen-bond donors (Lipinski definition) is 2. The quantitative estimate of drug-likeness (QED) is 0.876. The second-order valence-electron chi connectivity index (χ2n) is 5.31. The highest BCUT2D eigenvalue weighted by Gasteiger charge is 2.28. The fourth-order valence-electron chi connectivity index (χ4n) is 3.20. The normalized spacial score (nSPS) is 22.8. The van der Waals surface area contributed by atoms with Crippen molar-refractivity contribution in [3.05, 3.63) is 17.7 Å². The number of benzene rings is 1. The van der Waals surface area contributed by atoms with Crippen molar-refractivity contribution in [2.45, 2.75) is 12.5 Å². The molecule has 1 unspecified atom stereocenters. The van der Waals surface area contributed by atoms with Gasteiger partial charge in [-0.1, -0.05) is 0 Å². The van der Waals surface area contributed by atoms with Gasteiger partial charge in [-0.15, -0.1) is 0 Å². The van der Waals surface area contributed by atoms with Gasteiger partial charge in [0.15, 0.2) is 11.5 Å². The van der Waals surface area contributed by atoms with Crippen LogP contribution in [0.2, 0.25) is 0 Å². The molecule has 2 aliphatic heterocycles. The van der Waals surface area contributed by atoms with Gasteiger partial charge in [-0.3, -0.25) is 4.90 Å². The number of nitrogens with one attached hydrogen (secondary N) is 2. The van der Waals surface area contributed by atoms with E-state index in [0.717, 1.165) is 50.6 Å². The predicted octanol–water partition coefficient (Wildman–Crippen LogP) is 1.47. The summed E-state index contributed by atoms with van der Waals surface area (Å²) in [6.45, 7) is 5.38. The minimum atomic E-state index is 0.480. The number of methoxy groups -OCH3 is 2. The van der Waals surface area contributed by atoms with Crippen molar-refractivity contribution in [3.63, 3.8) is 0 Å². The molecule has 110 valence electrons. The fourth-order valence-corrected chi connectivity index (χ4v) is 3.20. The van der Waals surface area contributed by atoms with Crippen LogP contribution in [0.5, 0.6) is 11.5 Å². The molecule has 0 aliphatic carbocycles. The van der Waals surface area contributed by atoms with Gasteiger partial charge >= 0.3 is 0 Å². The van der Waals surface area contributed by atoms with Crippen molar-refractivity contribution < 1.29 is 9.47 Å². The molecule has 0 amide bonds. The van der Waals surface area contributed by atoms with Crippen molar-refractivity contribution in [2.24, 2.45) is 0 Å². The maximum absolute atomic E-state index is 5.45. The summed E-state index contributed by atoms with van der Waals surface area (Å²) in [5.41, 5.74) is 2.51. The average Bonchev–Trinajstić information content (AvgIpc) is 2.53. The molecule has 0 saturated carbocycles. The molecule has 2 N–H and O–H groups in total. The maximum atomic E-state index is 5.45. The van der Waals surface area contributed by atoms with Crippen LogP contribution in [0, 0.1) is 0 Å². The van der Waals surface area contributed by atoms with Crippen LogP contribution in [-0.4, -0.2) is 51.8 Å². The summed E-state index contributed by atoms with van der Waals surface area (Å²) in [6, 6.07) is 4.67. The molecule has 0 spiro atoms. The first-order valence-corrected chi connectivity index (χ1v) is 7.28. The van der Waals surface area contributed by atoms with Gasteiger partial charge in [0, 0.05) is 50.5 Å². The Balaban J connectivity index is 1.94. The van der Waals surface area contributed by atoms with Gasteiger partial charge in [-0.05, 0) is 18.1 Å². The zero-order valence-corrected chi connectivity index (χ0v) is 12.2. The summed E-state index contributed by atoms with van der Waals surface area (Å²) in [7, 11) is 3.38. The van der Waals surface area contributed by atoms with E-state index < -0.39 is 0 Å². The smallest absolute Gasteiger partial charge is 0.162 e. The monoisotopic (exact) mass is 277 g/mol. The Morgan fingerprint density at radius 2 is 1.75 bits per heavy atom. The van der Waals surface area contributed by atoms with Crippen molar-refractivity contribution in [1.82, 2.24) is 10.2 Å². The number of nitrogens with zero attached hydrogens (tertiary/aromatic N) is 1. The predicted molar refractivity (Wildman–Crippen MR) is 79.8 cm³/mol. The van der Waals surface area contributed by atoms with Crippen molar-refractivity contribution in [3.8, 4) is 11.5 Å². The number of anilines is 1. The second-order valence-corrected chi connectivity index (χ2v) is 5.31. The van der Waals surface area contributed by atoms with Gasteiger partial charge in [-0.2, -0.15) is 0 Å². The Hall–Kier alpha value is -1.46. The molecule has 1 aromatic rings. The Morgan fingerprint density at radius 1 is 1.05 bits per heavy atom. The van der Waals surface area contributed by atoms with Crippen molar-refractivity contribution >= 4 is 5.69 Å². The molecule has 1 aromatic carbocycles. The molecular formula is C15H23N3O2. The minimum absolute atomic E-state index is 0.480. The van der Waals surface area contributed by atoms with E-state index in [9.17, 15) is 0 Å². The Bertz CT molecular complexity index is 472. The first kappa shape index (κ1) is 13.5. The highest BCUT2D eigenvalue weighted by atomic mass is 16.5. The minimum Gasteiger partial charge on any atom is -0.493 e. The van der Waals surface area contributed by atoms with E-state index in [2.05, 4.69) is 27.7 Å². The maximum Gasteiger partial charge on any atom is 0.162 e. The van der Waals surface area contributed by atoms with Crippen LogP contribution in [0.15, 0.2) is 12.1 Å². The lowest BCUT2D eigenvalue weighted by Crippen LogP contribution is -2.46. The molecule has 2 heterocycles. The van der Waals surface area contributed by atoms with Gasteiger partial charge < -0.3 is 20.1 Å². The largest absolute Gasteiger partial charge is 0.493 e. The van der Waals surface area contributed by atoms with Crippen LogP contribution in [0.3, 0.4) is 0 Å². The number of rotatable bonds is 3. The Kier molecular flexibility index (Phi) is 3.98. The molecule has 1 saturated heterocycles. The SMILES string of the molecule is COc1cc2c(cc1OC)C(N1CCNCC1)CCN2. The van der Waals surface area contributed by atoms with E-state index in [4.69, 9.17) is 9.47 Å². The highest BCUT2D eigenvalue weighted by Crippen LogP contribution is 2.41. The average molecular weight is 277 g/mol. The summed E-state index contributed by atoms with van der Waals surface area (Å²) in [5, 5.41) is 6.90.